The molecule has 0 atom stereocenters. The molecule has 0 aromatic rings. The molecule has 1 fully saturated rings. The third-order valence-corrected chi connectivity index (χ3v) is 3.26. The molecule has 0 aromatic heterocycles. The van der Waals surface area contributed by atoms with E-state index < -0.39 is 11.5 Å². The normalized spacial score (nSPS) is 18.6. The maximum Gasteiger partial charge on any atom is 0.317 e. The van der Waals surface area contributed by atoms with Crippen LogP contribution in [0.15, 0.2) is 0 Å². The molecule has 0 spiro atoms. The molecule has 0 aliphatic heterocycles. The number of carboxylic acid groups (broad SMARTS) is 1. The Labute approximate surface area is 102 Å². The number of hydrogen-bond acceptors (Lipinski definition) is 3. The van der Waals surface area contributed by atoms with Crippen molar-refractivity contribution in [2.45, 2.75) is 51.0 Å². The monoisotopic (exact) mass is 242 g/mol. The van der Waals surface area contributed by atoms with Crippen molar-refractivity contribution in [3.8, 4) is 0 Å². The van der Waals surface area contributed by atoms with Crippen LogP contribution in [-0.4, -0.2) is 35.6 Å². The van der Waals surface area contributed by atoms with E-state index in [1.165, 1.54) is 0 Å². The number of nitrogens with one attached hydrogen (secondary N) is 2. The lowest BCUT2D eigenvalue weighted by Gasteiger charge is -2.36. The Morgan fingerprint density at radius 3 is 2.41 bits per heavy atom. The molecule has 1 rings (SSSR count). The van der Waals surface area contributed by atoms with E-state index in [9.17, 15) is 9.59 Å². The largest absolute Gasteiger partial charge is 0.480 e. The predicted molar refractivity (Wildman–Crippen MR) is 64.8 cm³/mol. The summed E-state index contributed by atoms with van der Waals surface area (Å²) in [7, 11) is 0. The Morgan fingerprint density at radius 1 is 1.24 bits per heavy atom. The van der Waals surface area contributed by atoms with Crippen molar-refractivity contribution in [2.75, 3.05) is 13.1 Å². The molecule has 1 amide bonds. The first-order chi connectivity index (χ1) is 8.10. The van der Waals surface area contributed by atoms with Gasteiger partial charge in [0.05, 0.1) is 12.1 Å². The molecule has 5 nitrogen and oxygen atoms in total. The van der Waals surface area contributed by atoms with E-state index in [4.69, 9.17) is 5.11 Å². The molecule has 0 heterocycles. The second-order valence-electron chi connectivity index (χ2n) is 4.65. The van der Waals surface area contributed by atoms with Crippen LogP contribution in [0.5, 0.6) is 0 Å². The average molecular weight is 242 g/mol. The highest BCUT2D eigenvalue weighted by atomic mass is 16.4. The van der Waals surface area contributed by atoms with Gasteiger partial charge in [-0.1, -0.05) is 26.2 Å². The molecule has 0 saturated heterocycles. The van der Waals surface area contributed by atoms with E-state index >= 15 is 0 Å². The van der Waals surface area contributed by atoms with E-state index in [1.54, 1.807) is 0 Å². The summed E-state index contributed by atoms with van der Waals surface area (Å²) in [5.74, 6) is -0.960. The summed E-state index contributed by atoms with van der Waals surface area (Å²) < 4.78 is 0. The molecule has 1 aliphatic rings. The van der Waals surface area contributed by atoms with Crippen LogP contribution in [0.1, 0.15) is 45.4 Å². The van der Waals surface area contributed by atoms with Crippen LogP contribution >= 0.6 is 0 Å². The number of carboxylic acids is 1. The van der Waals surface area contributed by atoms with Gasteiger partial charge in [0, 0.05) is 6.54 Å². The van der Waals surface area contributed by atoms with Gasteiger partial charge in [0.1, 0.15) is 0 Å². The van der Waals surface area contributed by atoms with Crippen LogP contribution in [0.25, 0.3) is 0 Å². The molecule has 0 aromatic carbocycles. The van der Waals surface area contributed by atoms with Gasteiger partial charge in [-0.2, -0.15) is 0 Å². The second kappa shape index (κ2) is 6.59. The zero-order chi connectivity index (χ0) is 12.7. The summed E-state index contributed by atoms with van der Waals surface area (Å²) in [5.41, 5.74) is -0.661. The SMILES string of the molecule is CCCNC(=O)C1(NCC(=O)O)CCCCC1. The number of rotatable bonds is 6. The van der Waals surface area contributed by atoms with Crippen molar-refractivity contribution in [1.82, 2.24) is 10.6 Å². The number of hydrogen-bond donors (Lipinski definition) is 3. The third-order valence-electron chi connectivity index (χ3n) is 3.26. The molecule has 1 aliphatic carbocycles. The van der Waals surface area contributed by atoms with Crippen molar-refractivity contribution in [2.24, 2.45) is 0 Å². The van der Waals surface area contributed by atoms with Crippen molar-refractivity contribution in [3.05, 3.63) is 0 Å². The fraction of sp³-hybridized carbons (Fsp3) is 0.833. The maximum atomic E-state index is 12.1. The smallest absolute Gasteiger partial charge is 0.317 e. The van der Waals surface area contributed by atoms with E-state index in [0.29, 0.717) is 6.54 Å². The quantitative estimate of drug-likeness (QED) is 0.646. The zero-order valence-electron chi connectivity index (χ0n) is 10.4. The number of amides is 1. The van der Waals surface area contributed by atoms with Gasteiger partial charge in [0.25, 0.3) is 0 Å². The summed E-state index contributed by atoms with van der Waals surface area (Å²) in [4.78, 5) is 22.8. The number of carbonyl (C=O) groups excluding carboxylic acids is 1. The molecule has 1 saturated carbocycles. The highest BCUT2D eigenvalue weighted by Crippen LogP contribution is 2.28. The lowest BCUT2D eigenvalue weighted by atomic mass is 9.80. The minimum absolute atomic E-state index is 0.0414. The fourth-order valence-electron chi connectivity index (χ4n) is 2.29. The Balaban J connectivity index is 2.63. The van der Waals surface area contributed by atoms with Crippen molar-refractivity contribution in [1.29, 1.82) is 0 Å². The highest BCUT2D eigenvalue weighted by Gasteiger charge is 2.39. The molecular weight excluding hydrogens is 220 g/mol. The maximum absolute atomic E-state index is 12.1. The van der Waals surface area contributed by atoms with Crippen molar-refractivity contribution >= 4 is 11.9 Å². The van der Waals surface area contributed by atoms with Crippen LogP contribution in [0.3, 0.4) is 0 Å². The molecule has 17 heavy (non-hydrogen) atoms. The summed E-state index contributed by atoms with van der Waals surface area (Å²) in [6.07, 6.45) is 5.43. The van der Waals surface area contributed by atoms with Crippen LogP contribution in [-0.2, 0) is 9.59 Å². The van der Waals surface area contributed by atoms with Gasteiger partial charge in [-0.3, -0.25) is 14.9 Å². The standard InChI is InChI=1S/C12H22N2O3/c1-2-8-13-11(17)12(14-9-10(15)16)6-4-3-5-7-12/h14H,2-9H2,1H3,(H,13,17)(H,15,16). The fourth-order valence-corrected chi connectivity index (χ4v) is 2.29. The van der Waals surface area contributed by atoms with Crippen LogP contribution in [0, 0.1) is 0 Å². The molecule has 3 N–H and O–H groups in total. The van der Waals surface area contributed by atoms with E-state index in [-0.39, 0.29) is 12.5 Å². The third kappa shape index (κ3) is 4.00. The molecule has 5 heteroatoms. The van der Waals surface area contributed by atoms with Gasteiger partial charge in [-0.15, -0.1) is 0 Å². The van der Waals surface area contributed by atoms with Crippen LogP contribution < -0.4 is 10.6 Å². The van der Waals surface area contributed by atoms with Gasteiger partial charge < -0.3 is 10.4 Å². The first kappa shape index (κ1) is 14.0. The second-order valence-corrected chi connectivity index (χ2v) is 4.65. The molecule has 98 valence electrons. The van der Waals surface area contributed by atoms with E-state index in [0.717, 1.165) is 38.5 Å². The molecular formula is C12H22N2O3. The molecule has 0 bridgehead atoms. The van der Waals surface area contributed by atoms with Gasteiger partial charge in [0.15, 0.2) is 0 Å². The Morgan fingerprint density at radius 2 is 1.88 bits per heavy atom. The minimum Gasteiger partial charge on any atom is -0.480 e. The first-order valence-electron chi connectivity index (χ1n) is 6.36. The average Bonchev–Trinajstić information content (AvgIpc) is 2.34. The summed E-state index contributed by atoms with van der Waals surface area (Å²) in [6.45, 7) is 2.49. The lowest BCUT2D eigenvalue weighted by Crippen LogP contribution is -2.59. The van der Waals surface area contributed by atoms with E-state index in [2.05, 4.69) is 10.6 Å². The van der Waals surface area contributed by atoms with Crippen molar-refractivity contribution < 1.29 is 14.7 Å². The van der Waals surface area contributed by atoms with Crippen LogP contribution in [0.2, 0.25) is 0 Å². The van der Waals surface area contributed by atoms with Gasteiger partial charge in [-0.25, -0.2) is 0 Å². The van der Waals surface area contributed by atoms with Gasteiger partial charge in [-0.05, 0) is 19.3 Å². The first-order valence-corrected chi connectivity index (χ1v) is 6.36. The number of carbonyl (C=O) groups is 2. The molecule has 0 unspecified atom stereocenters. The summed E-state index contributed by atoms with van der Waals surface area (Å²) in [5, 5.41) is 14.5. The lowest BCUT2D eigenvalue weighted by molar-refractivity contribution is -0.137. The van der Waals surface area contributed by atoms with Crippen molar-refractivity contribution in [3.63, 3.8) is 0 Å². The Hall–Kier alpha value is -1.10. The van der Waals surface area contributed by atoms with Crippen LogP contribution in [0.4, 0.5) is 0 Å². The Kier molecular flexibility index (Phi) is 5.41. The minimum atomic E-state index is -0.918. The number of aliphatic carboxylic acids is 1. The summed E-state index contributed by atoms with van der Waals surface area (Å²) >= 11 is 0. The van der Waals surface area contributed by atoms with Gasteiger partial charge in [0.2, 0.25) is 5.91 Å². The molecule has 0 radical (unpaired) electrons. The summed E-state index contributed by atoms with van der Waals surface area (Å²) in [6, 6.07) is 0. The Bertz CT molecular complexity index is 273. The predicted octanol–water partition coefficient (Wildman–Crippen LogP) is 0.890. The highest BCUT2D eigenvalue weighted by molar-refractivity contribution is 5.87. The van der Waals surface area contributed by atoms with E-state index in [1.807, 2.05) is 6.92 Å². The zero-order valence-corrected chi connectivity index (χ0v) is 10.4. The van der Waals surface area contributed by atoms with Gasteiger partial charge >= 0.3 is 5.97 Å². The topological polar surface area (TPSA) is 78.4 Å².